The van der Waals surface area contributed by atoms with Crippen molar-refractivity contribution < 1.29 is 17.8 Å². The van der Waals surface area contributed by atoms with E-state index in [4.69, 9.17) is 0 Å². The molecule has 0 atom stereocenters. The molecule has 6 heavy (non-hydrogen) atoms. The first-order valence-electron chi connectivity index (χ1n) is 1.14. The summed E-state index contributed by atoms with van der Waals surface area (Å²) in [6.07, 6.45) is 0. The molecule has 0 aromatic heterocycles. The fraction of sp³-hybridized carbons (Fsp3) is 1.00. The van der Waals surface area contributed by atoms with Crippen LogP contribution in [0.2, 0.25) is 5.31 Å². The average Bonchev–Trinajstić information content (AvgIpc) is 1.65. The third-order valence-electron chi connectivity index (χ3n) is 0.216. The van der Waals surface area contributed by atoms with Gasteiger partial charge in [0.15, 0.2) is 0 Å². The van der Waals surface area contributed by atoms with Crippen molar-refractivity contribution in [2.45, 2.75) is 5.31 Å². The van der Waals surface area contributed by atoms with Gasteiger partial charge in [0.1, 0.15) is 0 Å². The van der Waals surface area contributed by atoms with Gasteiger partial charge in [-0.15, -0.1) is 0 Å². The van der Waals surface area contributed by atoms with Crippen LogP contribution in [0, 0.1) is 9.81 Å². The van der Waals surface area contributed by atoms with Gasteiger partial charge in [0.05, 0.1) is 0 Å². The van der Waals surface area contributed by atoms with Crippen molar-refractivity contribution >= 4 is 0 Å². The van der Waals surface area contributed by atoms with Crippen LogP contribution in [0.25, 0.3) is 0 Å². The Hall–Kier alpha value is -0.112. The van der Waals surface area contributed by atoms with Crippen LogP contribution in [0.4, 0.5) is 0 Å². The van der Waals surface area contributed by atoms with E-state index in [1.165, 1.54) is 5.31 Å². The molecule has 0 rings (SSSR count). The minimum absolute atomic E-state index is 1.51. The molecule has 0 aliphatic rings. The summed E-state index contributed by atoms with van der Waals surface area (Å²) in [6, 6.07) is 0. The molecule has 0 bridgehead atoms. The Morgan fingerprint density at radius 1 is 1.33 bits per heavy atom. The molecule has 0 aliphatic carbocycles. The summed E-state index contributed by atoms with van der Waals surface area (Å²) in [4.78, 5) is 18.6. The predicted molar refractivity (Wildman–Crippen MR) is 17.5 cm³/mol. The Labute approximate surface area is 41.0 Å². The zero-order valence-corrected chi connectivity index (χ0v) is 6.05. The predicted octanol–water partition coefficient (Wildman–Crippen LogP) is 1.02. The number of rotatable bonds is 2. The third-order valence-corrected chi connectivity index (χ3v) is 1.77. The Kier molecular flexibility index (Phi) is 3.04. The summed E-state index contributed by atoms with van der Waals surface area (Å²) in [5.41, 5.74) is 0. The molecule has 5 heteroatoms. The maximum atomic E-state index is 9.28. The topological polar surface area (TPSA) is 58.9 Å². The van der Waals surface area contributed by atoms with Crippen molar-refractivity contribution in [1.29, 1.82) is 0 Å². The van der Waals surface area contributed by atoms with Crippen molar-refractivity contribution in [3.8, 4) is 0 Å². The van der Waals surface area contributed by atoms with Crippen LogP contribution in [0.1, 0.15) is 0 Å². The van der Waals surface area contributed by atoms with E-state index in [1.54, 1.807) is 0 Å². The van der Waals surface area contributed by atoms with Crippen molar-refractivity contribution in [2.24, 2.45) is 7.47 Å². The molecular weight excluding hydrogens is 256 g/mol. The van der Waals surface area contributed by atoms with E-state index < -0.39 is 17.8 Å². The fourth-order valence-corrected chi connectivity index (χ4v) is 0.111. The van der Waals surface area contributed by atoms with Crippen LogP contribution >= 0.6 is 0 Å². The van der Waals surface area contributed by atoms with Crippen LogP contribution < -0.4 is 0 Å². The molecule has 35 valence electrons. The van der Waals surface area contributed by atoms with E-state index in [2.05, 4.69) is 7.47 Å². The first-order chi connectivity index (χ1) is 2.81. The maximum absolute atomic E-state index is 9.28. The molecule has 0 aliphatic heterocycles. The van der Waals surface area contributed by atoms with Gasteiger partial charge < -0.3 is 0 Å². The molecular formula is CH3N2O2W. The molecule has 0 aromatic carbocycles. The number of nitroso groups, excluding NO2 is 2. The second-order valence-electron chi connectivity index (χ2n) is 0.596. The van der Waals surface area contributed by atoms with E-state index in [1.807, 2.05) is 0 Å². The normalized spacial score (nSPS) is 8.33. The SMILES string of the molecule is [CH3][W]([N]=O)[N]=O. The van der Waals surface area contributed by atoms with Gasteiger partial charge in [-0.25, -0.2) is 0 Å². The van der Waals surface area contributed by atoms with Crippen LogP contribution in [0.5, 0.6) is 0 Å². The van der Waals surface area contributed by atoms with Gasteiger partial charge in [0.2, 0.25) is 0 Å². The first kappa shape index (κ1) is 5.89. The molecule has 0 radical (unpaired) electrons. The second kappa shape index (κ2) is 3.09. The molecule has 0 aromatic rings. The van der Waals surface area contributed by atoms with E-state index in [0.717, 1.165) is 0 Å². The summed E-state index contributed by atoms with van der Waals surface area (Å²) in [5.74, 6) is 0. The van der Waals surface area contributed by atoms with Crippen LogP contribution in [-0.4, -0.2) is 0 Å². The van der Waals surface area contributed by atoms with Gasteiger partial charge in [0, 0.05) is 0 Å². The number of nitrogens with zero attached hydrogens (tertiary/aromatic N) is 2. The standard InChI is InChI=1S/CH3.2NO.W/c;2*1-2;/h1H3;;;/q;2*-1;+2. The summed E-state index contributed by atoms with van der Waals surface area (Å²) < 4.78 is 4.94. The molecule has 0 fully saturated rings. The van der Waals surface area contributed by atoms with E-state index in [0.29, 0.717) is 0 Å². The monoisotopic (exact) mass is 259 g/mol. The van der Waals surface area contributed by atoms with Crippen molar-refractivity contribution in [3.63, 3.8) is 0 Å². The Morgan fingerprint density at radius 3 is 1.67 bits per heavy atom. The van der Waals surface area contributed by atoms with Crippen molar-refractivity contribution in [2.75, 3.05) is 0 Å². The Morgan fingerprint density at radius 2 is 1.67 bits per heavy atom. The Bertz CT molecular complexity index is 56.6. The number of hydrogen-bond acceptors (Lipinski definition) is 4. The van der Waals surface area contributed by atoms with Gasteiger partial charge in [-0.1, -0.05) is 0 Å². The zero-order valence-electron chi connectivity index (χ0n) is 3.12. The molecule has 0 heterocycles. The summed E-state index contributed by atoms with van der Waals surface area (Å²) in [6.45, 7) is 0. The fourth-order valence-electron chi connectivity index (χ4n) is 0.0136. The van der Waals surface area contributed by atoms with E-state index in [9.17, 15) is 9.81 Å². The van der Waals surface area contributed by atoms with E-state index in [-0.39, 0.29) is 0 Å². The van der Waals surface area contributed by atoms with Gasteiger partial charge in [0.25, 0.3) is 0 Å². The molecule has 0 amide bonds. The summed E-state index contributed by atoms with van der Waals surface area (Å²) in [5, 5.41) is 1.51. The number of hydrogen-bond donors (Lipinski definition) is 0. The van der Waals surface area contributed by atoms with Crippen LogP contribution in [-0.2, 0) is 17.8 Å². The van der Waals surface area contributed by atoms with Gasteiger partial charge >= 0.3 is 40.4 Å². The summed E-state index contributed by atoms with van der Waals surface area (Å²) in [7, 11) is 0. The molecule has 4 nitrogen and oxygen atoms in total. The Balaban J connectivity index is 3.21. The molecule has 0 unspecified atom stereocenters. The van der Waals surface area contributed by atoms with Gasteiger partial charge in [-0.2, -0.15) is 0 Å². The van der Waals surface area contributed by atoms with E-state index >= 15 is 0 Å². The molecule has 0 saturated heterocycles. The second-order valence-corrected chi connectivity index (χ2v) is 4.88. The van der Waals surface area contributed by atoms with Crippen molar-refractivity contribution in [3.05, 3.63) is 9.81 Å². The minimum atomic E-state index is -2.46. The average molecular weight is 259 g/mol. The molecule has 0 spiro atoms. The van der Waals surface area contributed by atoms with Gasteiger partial charge in [-0.05, 0) is 0 Å². The first-order valence-corrected chi connectivity index (χ1v) is 6.70. The third kappa shape index (κ3) is 2.15. The quantitative estimate of drug-likeness (QED) is 0.695. The van der Waals surface area contributed by atoms with Gasteiger partial charge in [-0.3, -0.25) is 0 Å². The van der Waals surface area contributed by atoms with Crippen molar-refractivity contribution in [1.82, 2.24) is 0 Å². The molecule has 0 N–H and O–H groups in total. The zero-order chi connectivity index (χ0) is 4.99. The summed E-state index contributed by atoms with van der Waals surface area (Å²) >= 11 is -2.46. The van der Waals surface area contributed by atoms with Crippen LogP contribution in [0.3, 0.4) is 0 Å². The molecule has 0 saturated carbocycles. The van der Waals surface area contributed by atoms with Crippen LogP contribution in [0.15, 0.2) is 7.47 Å².